The number of nitro groups is 1. The van der Waals surface area contributed by atoms with E-state index in [1.165, 1.54) is 18.2 Å². The number of rotatable bonds is 11. The molecule has 0 bridgehead atoms. The zero-order chi connectivity index (χ0) is 58.4. The number of para-hydroxylation sites is 5. The summed E-state index contributed by atoms with van der Waals surface area (Å²) in [5.74, 6) is 1.47. The lowest BCUT2D eigenvalue weighted by Crippen LogP contribution is -2.49. The van der Waals surface area contributed by atoms with Gasteiger partial charge in [-0.2, -0.15) is 0 Å². The monoisotopic (exact) mass is 1110 g/mol. The summed E-state index contributed by atoms with van der Waals surface area (Å²) in [5, 5.41) is 19.3. The van der Waals surface area contributed by atoms with Crippen LogP contribution in [0.4, 0.5) is 68.2 Å². The normalized spacial score (nSPS) is 12.6. The molecule has 1 atom stereocenters. The zero-order valence-electron chi connectivity index (χ0n) is 43.3. The fraction of sp³-hybridized carbons (Fsp3) is 0.151. The number of nitrogens with one attached hydrogen (secondary N) is 9. The smallest absolute Gasteiger partial charge is 0.323 e. The van der Waals surface area contributed by atoms with E-state index in [0.717, 1.165) is 11.3 Å². The minimum absolute atomic E-state index is 0.0255. The molecule has 418 valence electrons. The van der Waals surface area contributed by atoms with Gasteiger partial charge in [-0.25, -0.2) is 14.4 Å². The van der Waals surface area contributed by atoms with Crippen LogP contribution in [0.15, 0.2) is 141 Å². The third-order valence-electron chi connectivity index (χ3n) is 12.7. The van der Waals surface area contributed by atoms with Gasteiger partial charge in [-0.05, 0) is 80.6 Å². The van der Waals surface area contributed by atoms with Crippen molar-refractivity contribution in [1.29, 1.82) is 0 Å². The lowest BCUT2D eigenvalue weighted by atomic mass is 9.79. The van der Waals surface area contributed by atoms with Gasteiger partial charge in [0, 0.05) is 11.5 Å². The Hall–Kier alpha value is -11.3. The second-order valence-corrected chi connectivity index (χ2v) is 18.5. The fourth-order valence-corrected chi connectivity index (χ4v) is 8.35. The zero-order valence-corrected chi connectivity index (χ0v) is 43.3. The van der Waals surface area contributed by atoms with Crippen molar-refractivity contribution in [3.05, 3.63) is 197 Å². The number of furan rings is 1. The van der Waals surface area contributed by atoms with Gasteiger partial charge >= 0.3 is 17.1 Å². The number of anilines is 11. The molecule has 7 aromatic carbocycles. The van der Waals surface area contributed by atoms with Crippen LogP contribution in [0.3, 0.4) is 0 Å². The number of nitrogens with two attached hydrogens (primary N) is 6. The van der Waals surface area contributed by atoms with Crippen molar-refractivity contribution in [1.82, 2.24) is 29.9 Å². The number of imidazole rings is 3. The molecule has 0 amide bonds. The number of aryl methyl sites for hydroxylation is 1. The van der Waals surface area contributed by atoms with Crippen LogP contribution < -0.4 is 93.9 Å². The molecule has 1 unspecified atom stereocenters. The molecule has 0 saturated carbocycles. The van der Waals surface area contributed by atoms with Gasteiger partial charge < -0.3 is 94.1 Å². The van der Waals surface area contributed by atoms with E-state index >= 15 is 0 Å². The predicted octanol–water partition coefficient (Wildman–Crippen LogP) is 4.51. The van der Waals surface area contributed by atoms with Crippen molar-refractivity contribution in [2.75, 3.05) is 70.2 Å². The van der Waals surface area contributed by atoms with E-state index < -0.39 is 26.6 Å². The first kappa shape index (κ1) is 55.9. The number of aromatic amines is 6. The van der Waals surface area contributed by atoms with Gasteiger partial charge in [0.25, 0.3) is 27.4 Å². The molecule has 0 radical (unpaired) electrons. The molecular formula is C53H54N16O12. The molecule has 81 heavy (non-hydrogen) atoms. The Kier molecular flexibility index (Phi) is 16.0. The molecule has 5 heterocycles. The van der Waals surface area contributed by atoms with Gasteiger partial charge in [0.05, 0.1) is 104 Å². The highest BCUT2D eigenvalue weighted by molar-refractivity contribution is 5.93. The van der Waals surface area contributed by atoms with Crippen molar-refractivity contribution >= 4 is 101 Å². The van der Waals surface area contributed by atoms with E-state index in [1.54, 1.807) is 79.7 Å². The lowest BCUT2D eigenvalue weighted by molar-refractivity contribution is -0.383. The van der Waals surface area contributed by atoms with Crippen LogP contribution in [0.5, 0.6) is 5.75 Å². The third-order valence-corrected chi connectivity index (χ3v) is 12.7. The van der Waals surface area contributed by atoms with E-state index in [4.69, 9.17) is 48.3 Å². The molecule has 0 aliphatic carbocycles. The van der Waals surface area contributed by atoms with Crippen LogP contribution in [0.25, 0.3) is 33.1 Å². The molecule has 1 saturated heterocycles. The van der Waals surface area contributed by atoms with E-state index in [0.29, 0.717) is 87.3 Å². The highest BCUT2D eigenvalue weighted by Gasteiger charge is 2.45. The summed E-state index contributed by atoms with van der Waals surface area (Å²) in [7, 11) is 0. The Balaban J connectivity index is 0.000000145. The van der Waals surface area contributed by atoms with E-state index in [9.17, 15) is 43.7 Å². The number of nitro benzene ring substituents is 1. The number of hydrogen-bond donors (Lipinski definition) is 15. The number of benzene rings is 5. The highest BCUT2D eigenvalue weighted by atomic mass is 16.6. The van der Waals surface area contributed by atoms with Crippen molar-refractivity contribution in [3.63, 3.8) is 0 Å². The van der Waals surface area contributed by atoms with Gasteiger partial charge in [-0.3, -0.25) is 29.3 Å². The molecule has 0 spiro atoms. The minimum Gasteiger partial charge on any atom is -0.488 e. The van der Waals surface area contributed by atoms with Crippen LogP contribution in [0.2, 0.25) is 0 Å². The van der Waals surface area contributed by atoms with E-state index in [2.05, 4.69) is 45.9 Å². The number of ether oxygens (including phenoxy) is 2. The maximum Gasteiger partial charge on any atom is 0.323 e. The number of nitrogen functional groups attached to an aromatic ring is 6. The Bertz CT molecular complexity index is 4420. The van der Waals surface area contributed by atoms with Gasteiger partial charge in [-0.15, -0.1) is 0 Å². The van der Waals surface area contributed by atoms with Crippen LogP contribution in [-0.4, -0.2) is 54.6 Å². The Morgan fingerprint density at radius 1 is 0.580 bits per heavy atom. The predicted molar refractivity (Wildman–Crippen MR) is 312 cm³/mol. The second-order valence-electron chi connectivity index (χ2n) is 18.5. The molecule has 4 aromatic heterocycles. The molecule has 11 aromatic rings. The van der Waals surface area contributed by atoms with E-state index in [-0.39, 0.29) is 68.4 Å². The van der Waals surface area contributed by atoms with E-state index in [1.807, 2.05) is 26.0 Å². The van der Waals surface area contributed by atoms with Gasteiger partial charge in [-0.1, -0.05) is 37.3 Å². The Morgan fingerprint density at radius 3 is 1.51 bits per heavy atom. The molecule has 21 N–H and O–H groups in total. The Morgan fingerprint density at radius 2 is 1.04 bits per heavy atom. The van der Waals surface area contributed by atoms with Crippen LogP contribution in [0, 0.1) is 22.5 Å². The first-order chi connectivity index (χ1) is 38.6. The fourth-order valence-electron chi connectivity index (χ4n) is 8.35. The molecule has 28 nitrogen and oxygen atoms in total. The van der Waals surface area contributed by atoms with Crippen molar-refractivity contribution in [2.24, 2.45) is 5.41 Å². The first-order valence-corrected chi connectivity index (χ1v) is 24.4. The van der Waals surface area contributed by atoms with Crippen molar-refractivity contribution < 1.29 is 18.8 Å². The number of nitrogens with zero attached hydrogens (tertiary/aromatic N) is 1. The molecule has 12 rings (SSSR count). The average Bonchev–Trinajstić information content (AvgIpc) is 4.37. The summed E-state index contributed by atoms with van der Waals surface area (Å²) in [5.41, 5.74) is 36.3. The molecule has 1 aliphatic heterocycles. The maximum atomic E-state index is 12.4. The number of aromatic nitrogens is 6. The summed E-state index contributed by atoms with van der Waals surface area (Å²) in [6.45, 7) is 6.92. The summed E-state index contributed by atoms with van der Waals surface area (Å²) < 4.78 is 16.3. The number of hydrogen-bond acceptors (Lipinski definition) is 21. The summed E-state index contributed by atoms with van der Waals surface area (Å²) in [4.78, 5) is 107. The number of fused-ring (bicyclic) bond motifs is 3. The molecule has 1 aliphatic rings. The topological polar surface area (TPSA) is 481 Å². The molecular weight excluding hydrogens is 1050 g/mol. The maximum absolute atomic E-state index is 12.4. The van der Waals surface area contributed by atoms with Crippen LogP contribution >= 0.6 is 0 Å². The largest absolute Gasteiger partial charge is 0.488 e. The lowest BCUT2D eigenvalue weighted by Gasteiger charge is -2.44. The van der Waals surface area contributed by atoms with Crippen LogP contribution in [-0.2, 0) is 4.74 Å². The first-order valence-electron chi connectivity index (χ1n) is 24.4. The third kappa shape index (κ3) is 11.8. The Labute approximate surface area is 454 Å². The standard InChI is InChI=1S/C21H20N4O5.C13H11N3O4.C7H7N3O.C6H7N3O2.C6H9N3/c1-10-6-7-13(30-10)19(21(2)8-29-9-21)24-16-15(17(26)18(16)27)22-11-4-3-5-12-14(11)25-20(28)23-12;1-2-20-12-9(10(17)11(12)18)14-6-4-3-5-7-8(6)16-13(19)15-7;8-4-2-1-3-5-6(4)10-7(11)9-5;7-4-2-1-3-5(6(4)8)9(10)11;7-4-2-1-3-5(8)6(4)9/h3-7,19,22,24H,8-9H2,1-2H3,(H2,23,25,28);3-5,14H,2H2,1H3,(H2,15,16,19);1-3H,8H2,(H2,9,10,11);1-3H,7-8H2;1-3H,7-9H2. The molecule has 1 fully saturated rings. The van der Waals surface area contributed by atoms with Gasteiger partial charge in [0.1, 0.15) is 34.3 Å². The number of H-pyrrole nitrogens is 6. The quantitative estimate of drug-likeness (QED) is 0.0366. The minimum atomic E-state index is -0.635. The SMILES string of the molecule is CCOc1c(Nc2cccc3[nH]c(=O)[nH]c23)c(=O)c1=O.Cc1ccc(C(Nc2c(Nc3cccc4[nH]c(=O)[nH]c34)c(=O)c2=O)C2(C)COC2)o1.Nc1cccc(N)c1N.Nc1cccc([N+](=O)[O-])c1N.Nc1cccc2[nH]c(=O)[nH]c12. The average molecular weight is 1110 g/mol. The highest BCUT2D eigenvalue weighted by Crippen LogP contribution is 2.43. The van der Waals surface area contributed by atoms with Crippen molar-refractivity contribution in [2.45, 2.75) is 26.8 Å². The second kappa shape index (κ2) is 23.1. The van der Waals surface area contributed by atoms with Gasteiger partial charge in [0.2, 0.25) is 0 Å². The summed E-state index contributed by atoms with van der Waals surface area (Å²) in [6, 6.07) is 28.6. The van der Waals surface area contributed by atoms with Gasteiger partial charge in [0.15, 0.2) is 5.75 Å². The summed E-state index contributed by atoms with van der Waals surface area (Å²) >= 11 is 0. The van der Waals surface area contributed by atoms with Crippen molar-refractivity contribution in [3.8, 4) is 5.75 Å². The van der Waals surface area contributed by atoms with Crippen LogP contribution in [0.1, 0.15) is 31.4 Å². The molecule has 28 heteroatoms. The summed E-state index contributed by atoms with van der Waals surface area (Å²) in [6.07, 6.45) is 0.